The van der Waals surface area contributed by atoms with E-state index in [1.54, 1.807) is 11.0 Å². The molecule has 2 aromatic rings. The molecular weight excluding hydrogens is 361 g/mol. The van der Waals surface area contributed by atoms with Gasteiger partial charge in [-0.1, -0.05) is 0 Å². The Morgan fingerprint density at radius 1 is 1.07 bits per heavy atom. The zero-order valence-electron chi connectivity index (χ0n) is 14.2. The number of hydrogen-bond acceptors (Lipinski definition) is 4. The van der Waals surface area contributed by atoms with Gasteiger partial charge in [-0.3, -0.25) is 9.59 Å². The van der Waals surface area contributed by atoms with Gasteiger partial charge in [0.2, 0.25) is 6.41 Å². The van der Waals surface area contributed by atoms with Crippen molar-refractivity contribution in [2.45, 2.75) is 6.18 Å². The highest BCUT2D eigenvalue weighted by Crippen LogP contribution is 2.29. The second-order valence-corrected chi connectivity index (χ2v) is 6.06. The van der Waals surface area contributed by atoms with Crippen molar-refractivity contribution in [3.05, 3.63) is 53.7 Å². The Labute approximate surface area is 153 Å². The lowest BCUT2D eigenvalue weighted by Crippen LogP contribution is -2.46. The molecule has 1 aliphatic heterocycles. The number of anilines is 2. The Morgan fingerprint density at radius 3 is 2.33 bits per heavy atom. The average Bonchev–Trinajstić information content (AvgIpc) is 2.68. The number of nitrogens with one attached hydrogen (secondary N) is 1. The predicted molar refractivity (Wildman–Crippen MR) is 93.5 cm³/mol. The van der Waals surface area contributed by atoms with Gasteiger partial charge in [-0.15, -0.1) is 0 Å². The molecule has 1 aromatic carbocycles. The van der Waals surface area contributed by atoms with Crippen molar-refractivity contribution >= 4 is 23.8 Å². The highest BCUT2D eigenvalue weighted by atomic mass is 19.4. The fourth-order valence-corrected chi connectivity index (χ4v) is 2.73. The van der Waals surface area contributed by atoms with Gasteiger partial charge >= 0.3 is 6.18 Å². The summed E-state index contributed by atoms with van der Waals surface area (Å²) in [7, 11) is 0. The molecule has 0 aliphatic carbocycles. The number of carbonyl (C=O) groups is 2. The van der Waals surface area contributed by atoms with Crippen LogP contribution >= 0.6 is 0 Å². The number of amides is 2. The third-order valence-electron chi connectivity index (χ3n) is 4.27. The summed E-state index contributed by atoms with van der Waals surface area (Å²) in [5.74, 6) is 0.172. The molecule has 1 saturated heterocycles. The Kier molecular flexibility index (Phi) is 5.29. The molecule has 0 spiro atoms. The van der Waals surface area contributed by atoms with Gasteiger partial charge in [0.1, 0.15) is 5.82 Å². The number of piperazine rings is 1. The standard InChI is InChI=1S/C18H17F3N4O2/c19-18(20,21)14-1-3-15(4-2-14)23-17(27)13-5-6-22-16(11-13)25-9-7-24(12-26)8-10-25/h1-6,11-12H,7-10H2,(H,23,27). The molecule has 3 rings (SSSR count). The van der Waals surface area contributed by atoms with E-state index in [0.717, 1.165) is 18.5 Å². The number of benzene rings is 1. The monoisotopic (exact) mass is 378 g/mol. The van der Waals surface area contributed by atoms with E-state index in [9.17, 15) is 22.8 Å². The lowest BCUT2D eigenvalue weighted by Gasteiger charge is -2.33. The van der Waals surface area contributed by atoms with Crippen molar-refractivity contribution in [1.82, 2.24) is 9.88 Å². The molecule has 27 heavy (non-hydrogen) atoms. The number of hydrogen-bond donors (Lipinski definition) is 1. The SMILES string of the molecule is O=CN1CCN(c2cc(C(=O)Nc3ccc(C(F)(F)F)cc3)ccn2)CC1. The fourth-order valence-electron chi connectivity index (χ4n) is 2.73. The Morgan fingerprint density at radius 2 is 1.74 bits per heavy atom. The molecule has 2 amide bonds. The summed E-state index contributed by atoms with van der Waals surface area (Å²) in [6, 6.07) is 7.41. The summed E-state index contributed by atoms with van der Waals surface area (Å²) in [6.45, 7) is 2.37. The first-order valence-corrected chi connectivity index (χ1v) is 8.26. The van der Waals surface area contributed by atoms with Gasteiger partial charge in [0.05, 0.1) is 5.56 Å². The van der Waals surface area contributed by atoms with Crippen LogP contribution in [0.2, 0.25) is 0 Å². The van der Waals surface area contributed by atoms with E-state index in [0.29, 0.717) is 37.6 Å². The minimum absolute atomic E-state index is 0.269. The normalized spacial score (nSPS) is 14.8. The van der Waals surface area contributed by atoms with Crippen LogP contribution in [0.5, 0.6) is 0 Å². The van der Waals surface area contributed by atoms with Crippen molar-refractivity contribution in [2.75, 3.05) is 36.4 Å². The summed E-state index contributed by atoms with van der Waals surface area (Å²) >= 11 is 0. The van der Waals surface area contributed by atoms with Crippen molar-refractivity contribution in [2.24, 2.45) is 0 Å². The molecule has 1 N–H and O–H groups in total. The quantitative estimate of drug-likeness (QED) is 0.831. The van der Waals surface area contributed by atoms with Gasteiger partial charge < -0.3 is 15.1 Å². The first-order chi connectivity index (χ1) is 12.9. The highest BCUT2D eigenvalue weighted by molar-refractivity contribution is 6.04. The van der Waals surface area contributed by atoms with Gasteiger partial charge in [-0.25, -0.2) is 4.98 Å². The smallest absolute Gasteiger partial charge is 0.353 e. The molecule has 0 radical (unpaired) electrons. The van der Waals surface area contributed by atoms with E-state index in [1.165, 1.54) is 24.4 Å². The maximum Gasteiger partial charge on any atom is 0.416 e. The molecule has 6 nitrogen and oxygen atoms in total. The van der Waals surface area contributed by atoms with E-state index >= 15 is 0 Å². The van der Waals surface area contributed by atoms with Crippen LogP contribution < -0.4 is 10.2 Å². The molecule has 0 atom stereocenters. The van der Waals surface area contributed by atoms with E-state index in [1.807, 2.05) is 4.90 Å². The molecule has 0 saturated carbocycles. The van der Waals surface area contributed by atoms with Crippen LogP contribution in [0.15, 0.2) is 42.6 Å². The van der Waals surface area contributed by atoms with Gasteiger partial charge in [0.15, 0.2) is 0 Å². The Balaban J connectivity index is 1.68. The first-order valence-electron chi connectivity index (χ1n) is 8.26. The summed E-state index contributed by atoms with van der Waals surface area (Å²) in [4.78, 5) is 31.1. The van der Waals surface area contributed by atoms with Crippen molar-refractivity contribution in [3.63, 3.8) is 0 Å². The fraction of sp³-hybridized carbons (Fsp3) is 0.278. The van der Waals surface area contributed by atoms with Crippen LogP contribution in [0.4, 0.5) is 24.7 Å². The number of nitrogens with zero attached hydrogens (tertiary/aromatic N) is 3. The van der Waals surface area contributed by atoms with Crippen molar-refractivity contribution in [3.8, 4) is 0 Å². The third-order valence-corrected chi connectivity index (χ3v) is 4.27. The van der Waals surface area contributed by atoms with Crippen LogP contribution in [-0.2, 0) is 11.0 Å². The van der Waals surface area contributed by atoms with Crippen LogP contribution in [0, 0.1) is 0 Å². The lowest BCUT2D eigenvalue weighted by atomic mass is 10.2. The molecule has 1 aliphatic rings. The number of pyridine rings is 1. The van der Waals surface area contributed by atoms with Gasteiger partial charge in [-0.05, 0) is 36.4 Å². The summed E-state index contributed by atoms with van der Waals surface area (Å²) < 4.78 is 37.8. The molecule has 0 unspecified atom stereocenters. The molecule has 2 heterocycles. The van der Waals surface area contributed by atoms with E-state index in [-0.39, 0.29) is 5.69 Å². The molecule has 1 aromatic heterocycles. The third kappa shape index (κ3) is 4.55. The maximum atomic E-state index is 12.6. The molecule has 142 valence electrons. The second kappa shape index (κ2) is 7.65. The zero-order chi connectivity index (χ0) is 19.4. The lowest BCUT2D eigenvalue weighted by molar-refractivity contribution is -0.137. The zero-order valence-corrected chi connectivity index (χ0v) is 14.2. The maximum absolute atomic E-state index is 12.6. The molecule has 0 bridgehead atoms. The number of alkyl halides is 3. The largest absolute Gasteiger partial charge is 0.416 e. The Hall–Kier alpha value is -3.10. The number of carbonyl (C=O) groups excluding carboxylic acids is 2. The van der Waals surface area contributed by atoms with Crippen molar-refractivity contribution in [1.29, 1.82) is 0 Å². The van der Waals surface area contributed by atoms with Gasteiger partial charge in [0, 0.05) is 43.6 Å². The van der Waals surface area contributed by atoms with Crippen molar-refractivity contribution < 1.29 is 22.8 Å². The van der Waals surface area contributed by atoms with Gasteiger partial charge in [0.25, 0.3) is 5.91 Å². The van der Waals surface area contributed by atoms with E-state index in [2.05, 4.69) is 10.3 Å². The first kappa shape index (κ1) is 18.7. The molecule has 1 fully saturated rings. The number of aromatic nitrogens is 1. The summed E-state index contributed by atoms with van der Waals surface area (Å²) in [5.41, 5.74) is -0.162. The predicted octanol–water partition coefficient (Wildman–Crippen LogP) is 2.63. The van der Waals surface area contributed by atoms with Gasteiger partial charge in [-0.2, -0.15) is 13.2 Å². The minimum Gasteiger partial charge on any atom is -0.353 e. The van der Waals surface area contributed by atoms with Crippen LogP contribution in [-0.4, -0.2) is 48.4 Å². The van der Waals surface area contributed by atoms with Crippen LogP contribution in [0.3, 0.4) is 0 Å². The van der Waals surface area contributed by atoms with Crippen LogP contribution in [0.1, 0.15) is 15.9 Å². The van der Waals surface area contributed by atoms with E-state index < -0.39 is 17.6 Å². The number of rotatable bonds is 4. The van der Waals surface area contributed by atoms with Crippen LogP contribution in [0.25, 0.3) is 0 Å². The molecule has 9 heteroatoms. The Bertz CT molecular complexity index is 816. The minimum atomic E-state index is -4.42. The second-order valence-electron chi connectivity index (χ2n) is 6.06. The topological polar surface area (TPSA) is 65.5 Å². The average molecular weight is 378 g/mol. The molecular formula is C18H17F3N4O2. The highest BCUT2D eigenvalue weighted by Gasteiger charge is 2.30. The number of halogens is 3. The van der Waals surface area contributed by atoms with E-state index in [4.69, 9.17) is 0 Å². The summed E-state index contributed by atoms with van der Waals surface area (Å²) in [6.07, 6.45) is -2.11. The summed E-state index contributed by atoms with van der Waals surface area (Å²) in [5, 5.41) is 2.58.